The maximum atomic E-state index is 11.7. The number of nitrogens with zero attached hydrogens (tertiary/aromatic N) is 1. The molecule has 0 radical (unpaired) electrons. The molecular formula is C12H11ClN4O3. The van der Waals surface area contributed by atoms with Gasteiger partial charge in [0.2, 0.25) is 0 Å². The summed E-state index contributed by atoms with van der Waals surface area (Å²) in [5, 5.41) is 14.3. The minimum absolute atomic E-state index is 0.0393. The van der Waals surface area contributed by atoms with Crippen molar-refractivity contribution in [2.75, 3.05) is 5.32 Å². The van der Waals surface area contributed by atoms with Gasteiger partial charge in [0.05, 0.1) is 17.8 Å². The van der Waals surface area contributed by atoms with Gasteiger partial charge in [-0.3, -0.25) is 0 Å². The van der Waals surface area contributed by atoms with E-state index in [4.69, 9.17) is 16.7 Å². The number of carbonyl (C=O) groups is 2. The molecule has 0 fully saturated rings. The lowest BCUT2D eigenvalue weighted by Gasteiger charge is -2.09. The van der Waals surface area contributed by atoms with Crippen molar-refractivity contribution in [2.45, 2.75) is 6.54 Å². The number of hydrogen-bond acceptors (Lipinski definition) is 3. The number of halogens is 1. The van der Waals surface area contributed by atoms with E-state index in [1.165, 1.54) is 18.2 Å². The van der Waals surface area contributed by atoms with Gasteiger partial charge in [-0.15, -0.1) is 0 Å². The number of carboxylic acid groups (broad SMARTS) is 1. The van der Waals surface area contributed by atoms with E-state index in [2.05, 4.69) is 20.6 Å². The quantitative estimate of drug-likeness (QED) is 0.692. The van der Waals surface area contributed by atoms with Gasteiger partial charge < -0.3 is 20.7 Å². The summed E-state index contributed by atoms with van der Waals surface area (Å²) in [5.41, 5.74) is 0.0875. The number of benzene rings is 1. The predicted octanol–water partition coefficient (Wildman–Crippen LogP) is 2.08. The van der Waals surface area contributed by atoms with E-state index in [0.717, 1.165) is 0 Å². The minimum Gasteiger partial charge on any atom is -0.478 e. The summed E-state index contributed by atoms with van der Waals surface area (Å²) >= 11 is 5.78. The van der Waals surface area contributed by atoms with E-state index in [1.54, 1.807) is 12.4 Å². The van der Waals surface area contributed by atoms with Crippen LogP contribution in [0.25, 0.3) is 0 Å². The van der Waals surface area contributed by atoms with Crippen LogP contribution in [0.1, 0.15) is 16.2 Å². The highest BCUT2D eigenvalue weighted by molar-refractivity contribution is 6.31. The van der Waals surface area contributed by atoms with E-state index in [9.17, 15) is 9.59 Å². The summed E-state index contributed by atoms with van der Waals surface area (Å²) in [6.07, 6.45) is 3.20. The number of carboxylic acids is 1. The maximum Gasteiger partial charge on any atom is 0.337 e. The number of hydrogen-bond donors (Lipinski definition) is 4. The summed E-state index contributed by atoms with van der Waals surface area (Å²) in [6, 6.07) is 3.59. The molecule has 0 atom stereocenters. The molecule has 1 heterocycles. The third-order valence-corrected chi connectivity index (χ3v) is 2.67. The van der Waals surface area contributed by atoms with Crippen LogP contribution in [0, 0.1) is 0 Å². The van der Waals surface area contributed by atoms with Crippen LogP contribution >= 0.6 is 11.6 Å². The number of aromatic carboxylic acids is 1. The molecule has 4 N–H and O–H groups in total. The van der Waals surface area contributed by atoms with Crippen LogP contribution in [0.2, 0.25) is 5.02 Å². The molecule has 20 heavy (non-hydrogen) atoms. The normalized spacial score (nSPS) is 10.1. The van der Waals surface area contributed by atoms with Gasteiger partial charge in [-0.25, -0.2) is 14.6 Å². The molecule has 2 aromatic rings. The molecule has 1 aromatic carbocycles. The Morgan fingerprint density at radius 2 is 2.20 bits per heavy atom. The highest BCUT2D eigenvalue weighted by atomic mass is 35.5. The number of H-pyrrole nitrogens is 1. The van der Waals surface area contributed by atoms with Crippen molar-refractivity contribution in [3.05, 3.63) is 47.0 Å². The van der Waals surface area contributed by atoms with Gasteiger partial charge >= 0.3 is 12.0 Å². The standard InChI is InChI=1S/C12H11ClN4O3/c13-7-1-2-8(11(18)19)9(5-7)17-12(20)16-6-10-14-3-4-15-10/h1-5H,6H2,(H,14,15)(H,18,19)(H2,16,17,20). The number of nitrogens with one attached hydrogen (secondary N) is 3. The van der Waals surface area contributed by atoms with Gasteiger partial charge in [0.1, 0.15) is 5.82 Å². The first-order valence-electron chi connectivity index (χ1n) is 5.62. The second-order valence-electron chi connectivity index (χ2n) is 3.84. The first-order valence-corrected chi connectivity index (χ1v) is 6.00. The Morgan fingerprint density at radius 3 is 2.85 bits per heavy atom. The Labute approximate surface area is 119 Å². The SMILES string of the molecule is O=C(NCc1ncc[nH]1)Nc1cc(Cl)ccc1C(=O)O. The summed E-state index contributed by atoms with van der Waals surface area (Å²) in [5.74, 6) is -0.562. The average molecular weight is 295 g/mol. The number of amides is 2. The Hall–Kier alpha value is -2.54. The molecule has 0 aliphatic carbocycles. The van der Waals surface area contributed by atoms with Gasteiger partial charge in [0.25, 0.3) is 0 Å². The molecule has 0 bridgehead atoms. The van der Waals surface area contributed by atoms with Gasteiger partial charge in [-0.05, 0) is 18.2 Å². The number of anilines is 1. The van der Waals surface area contributed by atoms with Crippen molar-refractivity contribution in [1.82, 2.24) is 15.3 Å². The van der Waals surface area contributed by atoms with Crippen molar-refractivity contribution in [2.24, 2.45) is 0 Å². The number of aromatic amines is 1. The van der Waals surface area contributed by atoms with E-state index >= 15 is 0 Å². The molecule has 2 rings (SSSR count). The highest BCUT2D eigenvalue weighted by Gasteiger charge is 2.13. The lowest BCUT2D eigenvalue weighted by molar-refractivity contribution is 0.0698. The van der Waals surface area contributed by atoms with Crippen LogP contribution in [-0.2, 0) is 6.54 Å². The largest absolute Gasteiger partial charge is 0.478 e. The van der Waals surface area contributed by atoms with Gasteiger partial charge in [0, 0.05) is 17.4 Å². The molecule has 0 saturated heterocycles. The zero-order chi connectivity index (χ0) is 14.5. The Bertz CT molecular complexity index is 628. The third-order valence-electron chi connectivity index (χ3n) is 2.43. The number of imidazole rings is 1. The number of urea groups is 1. The molecule has 104 valence electrons. The van der Waals surface area contributed by atoms with Crippen LogP contribution in [0.3, 0.4) is 0 Å². The van der Waals surface area contributed by atoms with Crippen molar-refractivity contribution in [3.8, 4) is 0 Å². The third kappa shape index (κ3) is 3.48. The molecule has 0 spiro atoms. The monoisotopic (exact) mass is 294 g/mol. The van der Waals surface area contributed by atoms with Crippen LogP contribution in [-0.4, -0.2) is 27.1 Å². The Balaban J connectivity index is 2.03. The zero-order valence-corrected chi connectivity index (χ0v) is 10.9. The fraction of sp³-hybridized carbons (Fsp3) is 0.0833. The van der Waals surface area contributed by atoms with Gasteiger partial charge in [-0.1, -0.05) is 11.6 Å². The van der Waals surface area contributed by atoms with Crippen LogP contribution in [0.4, 0.5) is 10.5 Å². The van der Waals surface area contributed by atoms with Crippen molar-refractivity contribution in [3.63, 3.8) is 0 Å². The number of aromatic nitrogens is 2. The molecule has 2 amide bonds. The Kier molecular flexibility index (Phi) is 4.21. The summed E-state index contributed by atoms with van der Waals surface area (Å²) in [6.45, 7) is 0.196. The summed E-state index contributed by atoms with van der Waals surface area (Å²) in [7, 11) is 0. The Morgan fingerprint density at radius 1 is 1.40 bits per heavy atom. The fourth-order valence-corrected chi connectivity index (χ4v) is 1.70. The highest BCUT2D eigenvalue weighted by Crippen LogP contribution is 2.21. The second kappa shape index (κ2) is 6.07. The first-order chi connectivity index (χ1) is 9.56. The van der Waals surface area contributed by atoms with Gasteiger partial charge in [0.15, 0.2) is 0 Å². The lowest BCUT2D eigenvalue weighted by Crippen LogP contribution is -2.29. The van der Waals surface area contributed by atoms with Crippen LogP contribution in [0.5, 0.6) is 0 Å². The zero-order valence-electron chi connectivity index (χ0n) is 10.2. The van der Waals surface area contributed by atoms with E-state index in [0.29, 0.717) is 10.8 Å². The van der Waals surface area contributed by atoms with Crippen molar-refractivity contribution < 1.29 is 14.7 Å². The van der Waals surface area contributed by atoms with Crippen molar-refractivity contribution in [1.29, 1.82) is 0 Å². The van der Waals surface area contributed by atoms with E-state index in [1.807, 2.05) is 0 Å². The smallest absolute Gasteiger partial charge is 0.337 e. The predicted molar refractivity (Wildman–Crippen MR) is 72.9 cm³/mol. The number of rotatable bonds is 4. The molecule has 1 aromatic heterocycles. The topological polar surface area (TPSA) is 107 Å². The molecule has 0 aliphatic rings. The van der Waals surface area contributed by atoms with E-state index in [-0.39, 0.29) is 17.8 Å². The molecule has 0 saturated carbocycles. The lowest BCUT2D eigenvalue weighted by atomic mass is 10.2. The first kappa shape index (κ1) is 13.9. The maximum absolute atomic E-state index is 11.7. The number of carbonyl (C=O) groups excluding carboxylic acids is 1. The second-order valence-corrected chi connectivity index (χ2v) is 4.28. The molecule has 0 unspecified atom stereocenters. The van der Waals surface area contributed by atoms with Crippen molar-refractivity contribution >= 4 is 29.3 Å². The molecular weight excluding hydrogens is 284 g/mol. The van der Waals surface area contributed by atoms with E-state index < -0.39 is 12.0 Å². The average Bonchev–Trinajstić information content (AvgIpc) is 2.89. The van der Waals surface area contributed by atoms with Crippen LogP contribution in [0.15, 0.2) is 30.6 Å². The molecule has 0 aliphatic heterocycles. The molecule has 8 heteroatoms. The van der Waals surface area contributed by atoms with Crippen LogP contribution < -0.4 is 10.6 Å². The molecule has 7 nitrogen and oxygen atoms in total. The minimum atomic E-state index is -1.15. The van der Waals surface area contributed by atoms with Gasteiger partial charge in [-0.2, -0.15) is 0 Å². The summed E-state index contributed by atoms with van der Waals surface area (Å²) < 4.78 is 0. The fourth-order valence-electron chi connectivity index (χ4n) is 1.53. The summed E-state index contributed by atoms with van der Waals surface area (Å²) in [4.78, 5) is 29.5.